The fourth-order valence-electron chi connectivity index (χ4n) is 1.63. The van der Waals surface area contributed by atoms with Crippen LogP contribution in [0.25, 0.3) is 11.0 Å². The first kappa shape index (κ1) is 10.9. The molecule has 0 amide bonds. The van der Waals surface area contributed by atoms with Gasteiger partial charge in [0.25, 0.3) is 0 Å². The maximum atomic E-state index is 11.9. The SMILES string of the molecule is CNC(CO)C(=O)c1ccc2occc2c1. The number of likely N-dealkylation sites (N-methyl/N-ethyl adjacent to an activating group) is 1. The summed E-state index contributed by atoms with van der Waals surface area (Å²) in [4.78, 5) is 11.9. The molecule has 4 nitrogen and oxygen atoms in total. The van der Waals surface area contributed by atoms with Gasteiger partial charge in [-0.25, -0.2) is 0 Å². The van der Waals surface area contributed by atoms with Crippen LogP contribution in [0, 0.1) is 0 Å². The third-order valence-electron chi connectivity index (χ3n) is 2.58. The molecule has 2 rings (SSSR count). The van der Waals surface area contributed by atoms with Crippen molar-refractivity contribution in [2.45, 2.75) is 6.04 Å². The summed E-state index contributed by atoms with van der Waals surface area (Å²) >= 11 is 0. The fourth-order valence-corrected chi connectivity index (χ4v) is 1.63. The van der Waals surface area contributed by atoms with Crippen LogP contribution in [0.15, 0.2) is 34.9 Å². The Morgan fingerprint density at radius 3 is 3.00 bits per heavy atom. The molecule has 0 fully saturated rings. The van der Waals surface area contributed by atoms with Crippen molar-refractivity contribution in [1.29, 1.82) is 0 Å². The van der Waals surface area contributed by atoms with Crippen molar-refractivity contribution in [1.82, 2.24) is 5.32 Å². The Kier molecular flexibility index (Phi) is 3.03. The molecular weight excluding hydrogens is 206 g/mol. The van der Waals surface area contributed by atoms with E-state index in [1.807, 2.05) is 0 Å². The van der Waals surface area contributed by atoms with Gasteiger partial charge in [0, 0.05) is 10.9 Å². The van der Waals surface area contributed by atoms with Crippen molar-refractivity contribution >= 4 is 16.8 Å². The molecule has 0 aliphatic rings. The number of fused-ring (bicyclic) bond motifs is 1. The van der Waals surface area contributed by atoms with Gasteiger partial charge in [-0.3, -0.25) is 4.79 Å². The molecular formula is C12H13NO3. The minimum Gasteiger partial charge on any atom is -0.464 e. The Hall–Kier alpha value is -1.65. The van der Waals surface area contributed by atoms with Crippen LogP contribution in [-0.4, -0.2) is 30.6 Å². The monoisotopic (exact) mass is 219 g/mol. The van der Waals surface area contributed by atoms with Gasteiger partial charge in [0.05, 0.1) is 18.9 Å². The minimum atomic E-state index is -0.552. The summed E-state index contributed by atoms with van der Waals surface area (Å²) in [6, 6.07) is 6.48. The van der Waals surface area contributed by atoms with Gasteiger partial charge in [-0.2, -0.15) is 0 Å². The Labute approximate surface area is 92.9 Å². The van der Waals surface area contributed by atoms with Crippen molar-refractivity contribution in [3.8, 4) is 0 Å². The number of rotatable bonds is 4. The first-order chi connectivity index (χ1) is 7.76. The van der Waals surface area contributed by atoms with Crippen LogP contribution in [0.4, 0.5) is 0 Å². The standard InChI is InChI=1S/C12H13NO3/c1-13-10(7-14)12(15)9-2-3-11-8(6-9)4-5-16-11/h2-6,10,13-14H,7H2,1H3. The summed E-state index contributed by atoms with van der Waals surface area (Å²) in [7, 11) is 1.65. The van der Waals surface area contributed by atoms with Gasteiger partial charge in [-0.05, 0) is 31.3 Å². The van der Waals surface area contributed by atoms with Crippen LogP contribution in [0.5, 0.6) is 0 Å². The molecule has 0 saturated carbocycles. The number of Topliss-reactive ketones (excluding diaryl/α,β-unsaturated/α-hetero) is 1. The van der Waals surface area contributed by atoms with Gasteiger partial charge in [0.2, 0.25) is 0 Å². The average Bonchev–Trinajstić information content (AvgIpc) is 2.77. The predicted molar refractivity (Wildman–Crippen MR) is 60.5 cm³/mol. The topological polar surface area (TPSA) is 62.5 Å². The lowest BCUT2D eigenvalue weighted by atomic mass is 10.0. The number of carbonyl (C=O) groups is 1. The van der Waals surface area contributed by atoms with Crippen molar-refractivity contribution in [2.75, 3.05) is 13.7 Å². The third-order valence-corrected chi connectivity index (χ3v) is 2.58. The van der Waals surface area contributed by atoms with E-state index in [1.165, 1.54) is 0 Å². The molecule has 1 heterocycles. The molecule has 0 spiro atoms. The Balaban J connectivity index is 2.35. The summed E-state index contributed by atoms with van der Waals surface area (Å²) in [5, 5.41) is 12.7. The molecule has 2 N–H and O–H groups in total. The molecule has 1 unspecified atom stereocenters. The lowest BCUT2D eigenvalue weighted by Gasteiger charge is -2.11. The first-order valence-electron chi connectivity index (χ1n) is 5.06. The molecule has 2 aromatic rings. The van der Waals surface area contributed by atoms with Gasteiger partial charge in [-0.1, -0.05) is 0 Å². The molecule has 16 heavy (non-hydrogen) atoms. The Bertz CT molecular complexity index is 500. The molecule has 1 aromatic carbocycles. The second-order valence-electron chi connectivity index (χ2n) is 3.56. The summed E-state index contributed by atoms with van der Waals surface area (Å²) in [5.74, 6) is -0.117. The van der Waals surface area contributed by atoms with Gasteiger partial charge >= 0.3 is 0 Å². The van der Waals surface area contributed by atoms with E-state index in [4.69, 9.17) is 9.52 Å². The zero-order valence-corrected chi connectivity index (χ0v) is 8.93. The van der Waals surface area contributed by atoms with Gasteiger partial charge in [-0.15, -0.1) is 0 Å². The van der Waals surface area contributed by atoms with Crippen molar-refractivity contribution in [3.05, 3.63) is 36.1 Å². The van der Waals surface area contributed by atoms with E-state index >= 15 is 0 Å². The Morgan fingerprint density at radius 2 is 2.31 bits per heavy atom. The van der Waals surface area contributed by atoms with Crippen molar-refractivity contribution in [2.24, 2.45) is 0 Å². The normalized spacial score (nSPS) is 12.9. The first-order valence-corrected chi connectivity index (χ1v) is 5.06. The van der Waals surface area contributed by atoms with E-state index in [0.29, 0.717) is 5.56 Å². The second-order valence-corrected chi connectivity index (χ2v) is 3.56. The van der Waals surface area contributed by atoms with Crippen LogP contribution in [0.1, 0.15) is 10.4 Å². The van der Waals surface area contributed by atoms with Crippen LogP contribution in [0.3, 0.4) is 0 Å². The average molecular weight is 219 g/mol. The molecule has 1 atom stereocenters. The number of hydrogen-bond acceptors (Lipinski definition) is 4. The smallest absolute Gasteiger partial charge is 0.182 e. The summed E-state index contributed by atoms with van der Waals surface area (Å²) in [6.07, 6.45) is 1.58. The molecule has 1 aromatic heterocycles. The van der Waals surface area contributed by atoms with Crippen LogP contribution in [-0.2, 0) is 0 Å². The largest absolute Gasteiger partial charge is 0.464 e. The zero-order chi connectivity index (χ0) is 11.5. The van der Waals surface area contributed by atoms with Crippen LogP contribution >= 0.6 is 0 Å². The van der Waals surface area contributed by atoms with Crippen LogP contribution < -0.4 is 5.32 Å². The lowest BCUT2D eigenvalue weighted by molar-refractivity contribution is 0.0904. The zero-order valence-electron chi connectivity index (χ0n) is 8.93. The van der Waals surface area contributed by atoms with E-state index in [2.05, 4.69) is 5.32 Å². The molecule has 0 aliphatic heterocycles. The molecule has 0 aliphatic carbocycles. The van der Waals surface area contributed by atoms with E-state index in [9.17, 15) is 4.79 Å². The summed E-state index contributed by atoms with van der Waals surface area (Å²) in [6.45, 7) is -0.210. The highest BCUT2D eigenvalue weighted by atomic mass is 16.3. The molecule has 0 bridgehead atoms. The van der Waals surface area contributed by atoms with Gasteiger partial charge in [0.1, 0.15) is 5.58 Å². The Morgan fingerprint density at radius 1 is 1.50 bits per heavy atom. The van der Waals surface area contributed by atoms with Crippen molar-refractivity contribution < 1.29 is 14.3 Å². The summed E-state index contributed by atoms with van der Waals surface area (Å²) in [5.41, 5.74) is 1.32. The fraction of sp³-hybridized carbons (Fsp3) is 0.250. The van der Waals surface area contributed by atoms with E-state index in [1.54, 1.807) is 37.6 Å². The number of benzene rings is 1. The number of aliphatic hydroxyl groups excluding tert-OH is 1. The highest BCUT2D eigenvalue weighted by molar-refractivity contribution is 6.02. The molecule has 4 heteroatoms. The predicted octanol–water partition coefficient (Wildman–Crippen LogP) is 1.20. The highest BCUT2D eigenvalue weighted by Crippen LogP contribution is 2.17. The van der Waals surface area contributed by atoms with E-state index in [0.717, 1.165) is 11.0 Å². The quantitative estimate of drug-likeness (QED) is 0.758. The third kappa shape index (κ3) is 1.85. The minimum absolute atomic E-state index is 0.117. The highest BCUT2D eigenvalue weighted by Gasteiger charge is 2.17. The summed E-state index contributed by atoms with van der Waals surface area (Å²) < 4.78 is 5.19. The number of furan rings is 1. The van der Waals surface area contributed by atoms with Gasteiger partial charge in [0.15, 0.2) is 5.78 Å². The molecule has 0 radical (unpaired) electrons. The van der Waals surface area contributed by atoms with E-state index < -0.39 is 6.04 Å². The number of hydrogen-bond donors (Lipinski definition) is 2. The maximum absolute atomic E-state index is 11.9. The van der Waals surface area contributed by atoms with Crippen LogP contribution in [0.2, 0.25) is 0 Å². The number of ketones is 1. The van der Waals surface area contributed by atoms with Gasteiger partial charge < -0.3 is 14.8 Å². The number of nitrogens with one attached hydrogen (secondary N) is 1. The van der Waals surface area contributed by atoms with E-state index in [-0.39, 0.29) is 12.4 Å². The second kappa shape index (κ2) is 4.47. The number of carbonyl (C=O) groups excluding carboxylic acids is 1. The lowest BCUT2D eigenvalue weighted by Crippen LogP contribution is -2.37. The molecule has 84 valence electrons. The maximum Gasteiger partial charge on any atom is 0.182 e. The molecule has 0 saturated heterocycles. The van der Waals surface area contributed by atoms with Crippen molar-refractivity contribution in [3.63, 3.8) is 0 Å². The number of aliphatic hydroxyl groups is 1.